The van der Waals surface area contributed by atoms with Crippen LogP contribution in [0.15, 0.2) is 35.9 Å². The maximum absolute atomic E-state index is 10.6. The first kappa shape index (κ1) is 11.9. The summed E-state index contributed by atoms with van der Waals surface area (Å²) in [7, 11) is 0. The van der Waals surface area contributed by atoms with Gasteiger partial charge in [-0.1, -0.05) is 30.3 Å². The molecule has 0 spiro atoms. The number of rotatable bonds is 4. The molecule has 2 unspecified atom stereocenters. The second kappa shape index (κ2) is 4.72. The van der Waals surface area contributed by atoms with E-state index in [1.165, 1.54) is 5.56 Å². The number of carboxylic acid groups (broad SMARTS) is 1. The summed E-state index contributed by atoms with van der Waals surface area (Å²) in [5, 5.41) is 8.73. The van der Waals surface area contributed by atoms with Crippen LogP contribution in [0.25, 0.3) is 0 Å². The van der Waals surface area contributed by atoms with Gasteiger partial charge in [0, 0.05) is 5.57 Å². The third-order valence-corrected chi connectivity index (χ3v) is 3.00. The summed E-state index contributed by atoms with van der Waals surface area (Å²) in [5.74, 6) is -0.859. The summed E-state index contributed by atoms with van der Waals surface area (Å²) in [6, 6.07) is 8.14. The Hall–Kier alpha value is -1.61. The largest absolute Gasteiger partial charge is 0.478 e. The Balaban J connectivity index is 1.99. The molecule has 1 aromatic rings. The molecular weight excluding hydrogens is 216 g/mol. The Labute approximate surface area is 101 Å². The third-order valence-electron chi connectivity index (χ3n) is 3.00. The number of hydrogen-bond acceptors (Lipinski definition) is 2. The highest BCUT2D eigenvalue weighted by Crippen LogP contribution is 2.37. The van der Waals surface area contributed by atoms with Gasteiger partial charge in [-0.25, -0.2) is 4.79 Å². The fourth-order valence-corrected chi connectivity index (χ4v) is 1.74. The van der Waals surface area contributed by atoms with Crippen molar-refractivity contribution in [3.63, 3.8) is 0 Å². The molecule has 2 atom stereocenters. The zero-order valence-corrected chi connectivity index (χ0v) is 10.0. The molecule has 1 N–H and O–H groups in total. The first-order valence-corrected chi connectivity index (χ1v) is 5.72. The van der Waals surface area contributed by atoms with E-state index in [0.29, 0.717) is 18.1 Å². The fraction of sp³-hybridized carbons (Fsp3) is 0.357. The van der Waals surface area contributed by atoms with Crippen LogP contribution in [0.5, 0.6) is 0 Å². The molecule has 1 heterocycles. The van der Waals surface area contributed by atoms with Crippen LogP contribution in [0.4, 0.5) is 0 Å². The average molecular weight is 232 g/mol. The number of aliphatic carboxylic acids is 1. The van der Waals surface area contributed by atoms with Crippen molar-refractivity contribution in [2.75, 3.05) is 0 Å². The molecule has 0 aliphatic carbocycles. The van der Waals surface area contributed by atoms with Crippen molar-refractivity contribution < 1.29 is 14.6 Å². The van der Waals surface area contributed by atoms with Crippen molar-refractivity contribution in [1.82, 2.24) is 0 Å². The lowest BCUT2D eigenvalue weighted by atomic mass is 10.0. The molecule has 0 bridgehead atoms. The van der Waals surface area contributed by atoms with Crippen LogP contribution in [0, 0.1) is 0 Å². The Morgan fingerprint density at radius 3 is 2.47 bits per heavy atom. The lowest BCUT2D eigenvalue weighted by molar-refractivity contribution is -0.132. The van der Waals surface area contributed by atoms with Gasteiger partial charge in [0.25, 0.3) is 0 Å². The van der Waals surface area contributed by atoms with Gasteiger partial charge in [-0.2, -0.15) is 0 Å². The fourth-order valence-electron chi connectivity index (χ4n) is 1.74. The summed E-state index contributed by atoms with van der Waals surface area (Å²) in [6.07, 6.45) is 2.96. The summed E-state index contributed by atoms with van der Waals surface area (Å²) in [5.41, 5.74) is 2.69. The monoisotopic (exact) mass is 232 g/mol. The number of allylic oxidation sites excluding steroid dienone is 1. The van der Waals surface area contributed by atoms with Crippen LogP contribution in [0.1, 0.15) is 31.1 Å². The molecule has 3 heteroatoms. The Morgan fingerprint density at radius 1 is 1.41 bits per heavy atom. The second-order valence-corrected chi connectivity index (χ2v) is 4.40. The summed E-state index contributed by atoms with van der Waals surface area (Å²) < 4.78 is 5.38. The average Bonchev–Trinajstić information content (AvgIpc) is 3.04. The van der Waals surface area contributed by atoms with Gasteiger partial charge in [-0.3, -0.25) is 0 Å². The lowest BCUT2D eigenvalue weighted by Gasteiger charge is -2.00. The van der Waals surface area contributed by atoms with Crippen LogP contribution in [0.3, 0.4) is 0 Å². The highest BCUT2D eigenvalue weighted by Gasteiger charge is 2.35. The molecule has 1 aliphatic heterocycles. The van der Waals surface area contributed by atoms with E-state index < -0.39 is 5.97 Å². The van der Waals surface area contributed by atoms with Crippen LogP contribution >= 0.6 is 0 Å². The maximum Gasteiger partial charge on any atom is 0.330 e. The van der Waals surface area contributed by atoms with E-state index in [4.69, 9.17) is 9.84 Å². The molecule has 2 rings (SSSR count). The van der Waals surface area contributed by atoms with E-state index >= 15 is 0 Å². The van der Waals surface area contributed by atoms with Crippen molar-refractivity contribution in [3.8, 4) is 0 Å². The van der Waals surface area contributed by atoms with Gasteiger partial charge in [0.1, 0.15) is 6.10 Å². The van der Waals surface area contributed by atoms with E-state index in [1.807, 2.05) is 24.3 Å². The molecule has 0 amide bonds. The van der Waals surface area contributed by atoms with Gasteiger partial charge in [-0.05, 0) is 31.4 Å². The standard InChI is InChI=1S/C14H16O3/c1-9(14(15)16)3-4-11-5-7-12(8-6-11)13-10(2)17-13/h3,5-8,10,13H,4H2,1-2H3,(H,15,16). The number of benzene rings is 1. The first-order chi connectivity index (χ1) is 8.08. The molecule has 1 saturated heterocycles. The molecule has 3 nitrogen and oxygen atoms in total. The minimum absolute atomic E-state index is 0.250. The van der Waals surface area contributed by atoms with E-state index in [9.17, 15) is 4.79 Å². The predicted octanol–water partition coefficient (Wildman–Crippen LogP) is 2.72. The number of hydrogen-bond donors (Lipinski definition) is 1. The topological polar surface area (TPSA) is 49.8 Å². The van der Waals surface area contributed by atoms with E-state index in [-0.39, 0.29) is 6.10 Å². The van der Waals surface area contributed by atoms with Crippen LogP contribution in [-0.4, -0.2) is 17.2 Å². The smallest absolute Gasteiger partial charge is 0.330 e. The zero-order valence-electron chi connectivity index (χ0n) is 10.0. The van der Waals surface area contributed by atoms with Crippen molar-refractivity contribution in [3.05, 3.63) is 47.0 Å². The van der Waals surface area contributed by atoms with Gasteiger partial charge in [0.2, 0.25) is 0 Å². The number of carboxylic acids is 1. The van der Waals surface area contributed by atoms with Crippen LogP contribution < -0.4 is 0 Å². The lowest BCUT2D eigenvalue weighted by Crippen LogP contribution is -1.96. The zero-order chi connectivity index (χ0) is 12.4. The predicted molar refractivity (Wildman–Crippen MR) is 64.8 cm³/mol. The minimum atomic E-state index is -0.859. The Kier molecular flexibility index (Phi) is 3.29. The van der Waals surface area contributed by atoms with E-state index in [2.05, 4.69) is 6.92 Å². The molecule has 17 heavy (non-hydrogen) atoms. The first-order valence-electron chi connectivity index (χ1n) is 5.72. The number of ether oxygens (including phenoxy) is 1. The highest BCUT2D eigenvalue weighted by atomic mass is 16.6. The van der Waals surface area contributed by atoms with E-state index in [0.717, 1.165) is 5.56 Å². The summed E-state index contributed by atoms with van der Waals surface area (Å²) >= 11 is 0. The Bertz CT molecular complexity index is 445. The molecule has 0 saturated carbocycles. The maximum atomic E-state index is 10.6. The number of epoxide rings is 1. The molecule has 1 fully saturated rings. The molecule has 0 aromatic heterocycles. The van der Waals surface area contributed by atoms with Crippen LogP contribution in [-0.2, 0) is 16.0 Å². The van der Waals surface area contributed by atoms with Gasteiger partial charge in [0.15, 0.2) is 0 Å². The van der Waals surface area contributed by atoms with Gasteiger partial charge >= 0.3 is 5.97 Å². The SMILES string of the molecule is CC(=CCc1ccc(C2OC2C)cc1)C(=O)O. The second-order valence-electron chi connectivity index (χ2n) is 4.40. The summed E-state index contributed by atoms with van der Waals surface area (Å²) in [4.78, 5) is 10.6. The van der Waals surface area contributed by atoms with E-state index in [1.54, 1.807) is 13.0 Å². The summed E-state index contributed by atoms with van der Waals surface area (Å²) in [6.45, 7) is 3.66. The molecule has 90 valence electrons. The van der Waals surface area contributed by atoms with Crippen molar-refractivity contribution >= 4 is 5.97 Å². The van der Waals surface area contributed by atoms with Gasteiger partial charge in [-0.15, -0.1) is 0 Å². The number of carbonyl (C=O) groups is 1. The van der Waals surface area contributed by atoms with Crippen LogP contribution in [0.2, 0.25) is 0 Å². The molecular formula is C14H16O3. The molecule has 1 aliphatic rings. The highest BCUT2D eigenvalue weighted by molar-refractivity contribution is 5.85. The molecule has 1 aromatic carbocycles. The normalized spacial score (nSPS) is 23.5. The molecule has 0 radical (unpaired) electrons. The van der Waals surface area contributed by atoms with Crippen molar-refractivity contribution in [2.24, 2.45) is 0 Å². The van der Waals surface area contributed by atoms with Crippen molar-refractivity contribution in [2.45, 2.75) is 32.5 Å². The van der Waals surface area contributed by atoms with Gasteiger partial charge < -0.3 is 9.84 Å². The quantitative estimate of drug-likeness (QED) is 0.641. The van der Waals surface area contributed by atoms with Crippen molar-refractivity contribution in [1.29, 1.82) is 0 Å². The third kappa shape index (κ3) is 2.94. The Morgan fingerprint density at radius 2 is 2.00 bits per heavy atom. The van der Waals surface area contributed by atoms with Gasteiger partial charge in [0.05, 0.1) is 6.10 Å². The minimum Gasteiger partial charge on any atom is -0.478 e.